The first-order valence-electron chi connectivity index (χ1n) is 3.00. The van der Waals surface area contributed by atoms with Gasteiger partial charge in [-0.15, -0.1) is 0 Å². The van der Waals surface area contributed by atoms with Crippen molar-refractivity contribution in [1.29, 1.82) is 0 Å². The topological polar surface area (TPSA) is 20.2 Å². The molecule has 0 bridgehead atoms. The molecule has 0 aromatic heterocycles. The van der Waals surface area contributed by atoms with Crippen LogP contribution in [0.3, 0.4) is 0 Å². The molecule has 0 aromatic rings. The van der Waals surface area contributed by atoms with Gasteiger partial charge in [0, 0.05) is 4.75 Å². The van der Waals surface area contributed by atoms with Crippen molar-refractivity contribution in [3.05, 3.63) is 11.2 Å². The van der Waals surface area contributed by atoms with Crippen LogP contribution >= 0.6 is 11.8 Å². The summed E-state index contributed by atoms with van der Waals surface area (Å²) < 4.78 is 0.122. The Morgan fingerprint density at radius 1 is 1.44 bits per heavy atom. The number of thioether (sulfide) groups is 1. The van der Waals surface area contributed by atoms with Crippen molar-refractivity contribution in [3.63, 3.8) is 0 Å². The average Bonchev–Trinajstić information content (AvgIpc) is 1.62. The summed E-state index contributed by atoms with van der Waals surface area (Å²) in [5.74, 6) is 0. The van der Waals surface area contributed by atoms with Gasteiger partial charge in [-0.05, 0) is 13.0 Å². The molecule has 0 heterocycles. The predicted octanol–water partition coefficient (Wildman–Crippen LogP) is 2.94. The Kier molecular flexibility index (Phi) is 3.12. The van der Waals surface area contributed by atoms with Crippen LogP contribution in [0.25, 0.3) is 0 Å². The zero-order chi connectivity index (χ0) is 7.49. The Hall–Kier alpha value is -0.110. The number of allylic oxidation sites excluding steroid dienone is 1. The van der Waals surface area contributed by atoms with E-state index in [1.165, 1.54) is 11.8 Å². The van der Waals surface area contributed by atoms with Crippen molar-refractivity contribution in [3.8, 4) is 0 Å². The first kappa shape index (κ1) is 8.89. The molecule has 0 atom stereocenters. The number of hydrogen-bond donors (Lipinski definition) is 1. The van der Waals surface area contributed by atoms with Crippen LogP contribution in [0.15, 0.2) is 11.2 Å². The van der Waals surface area contributed by atoms with Crippen LogP contribution in [-0.4, -0.2) is 9.85 Å². The van der Waals surface area contributed by atoms with E-state index >= 15 is 0 Å². The highest BCUT2D eigenvalue weighted by atomic mass is 32.2. The van der Waals surface area contributed by atoms with Crippen molar-refractivity contribution in [1.82, 2.24) is 0 Å². The predicted molar refractivity (Wildman–Crippen MR) is 43.7 cm³/mol. The van der Waals surface area contributed by atoms with E-state index in [1.807, 2.05) is 6.92 Å². The highest BCUT2D eigenvalue weighted by molar-refractivity contribution is 8.04. The van der Waals surface area contributed by atoms with Crippen LogP contribution in [0, 0.1) is 0 Å². The maximum absolute atomic E-state index is 9.02. The van der Waals surface area contributed by atoms with Crippen molar-refractivity contribution >= 4 is 11.8 Å². The van der Waals surface area contributed by atoms with Crippen molar-refractivity contribution in [2.24, 2.45) is 0 Å². The molecule has 0 aliphatic carbocycles. The maximum atomic E-state index is 9.02. The van der Waals surface area contributed by atoms with E-state index in [0.717, 1.165) is 0 Å². The molecule has 0 saturated carbocycles. The van der Waals surface area contributed by atoms with Crippen LogP contribution in [0.5, 0.6) is 0 Å². The lowest BCUT2D eigenvalue weighted by Gasteiger charge is -2.15. The molecule has 0 rings (SSSR count). The van der Waals surface area contributed by atoms with Gasteiger partial charge >= 0.3 is 0 Å². The van der Waals surface area contributed by atoms with E-state index in [-0.39, 0.29) is 4.75 Å². The van der Waals surface area contributed by atoms with Gasteiger partial charge in [0.1, 0.15) is 5.09 Å². The van der Waals surface area contributed by atoms with Gasteiger partial charge in [0.15, 0.2) is 0 Å². The molecular weight excluding hydrogens is 132 g/mol. The van der Waals surface area contributed by atoms with Gasteiger partial charge in [0.2, 0.25) is 0 Å². The highest BCUT2D eigenvalue weighted by Crippen LogP contribution is 2.28. The molecule has 54 valence electrons. The van der Waals surface area contributed by atoms with E-state index in [0.29, 0.717) is 5.09 Å². The van der Waals surface area contributed by atoms with E-state index in [9.17, 15) is 0 Å². The third-order valence-corrected chi connectivity index (χ3v) is 1.71. The normalized spacial score (nSPS) is 14.0. The first-order valence-corrected chi connectivity index (χ1v) is 3.81. The third-order valence-electron chi connectivity index (χ3n) is 0.658. The van der Waals surface area contributed by atoms with E-state index in [2.05, 4.69) is 20.8 Å². The second-order valence-corrected chi connectivity index (χ2v) is 4.69. The van der Waals surface area contributed by atoms with Gasteiger partial charge in [-0.25, -0.2) is 0 Å². The largest absolute Gasteiger partial charge is 0.502 e. The lowest BCUT2D eigenvalue weighted by molar-refractivity contribution is 0.453. The van der Waals surface area contributed by atoms with Crippen LogP contribution in [0.2, 0.25) is 0 Å². The molecule has 0 amide bonds. The Bertz CT molecular complexity index is 111. The van der Waals surface area contributed by atoms with Crippen LogP contribution < -0.4 is 0 Å². The summed E-state index contributed by atoms with van der Waals surface area (Å²) >= 11 is 1.47. The van der Waals surface area contributed by atoms with Crippen molar-refractivity contribution in [2.75, 3.05) is 0 Å². The standard InChI is InChI=1S/C7H14OS/c1-5-6(8)9-7(2,3)4/h5,8H,1-4H3/b6-5-. The molecule has 0 fully saturated rings. The first-order chi connectivity index (χ1) is 3.95. The molecular formula is C7H14OS. The van der Waals surface area contributed by atoms with Gasteiger partial charge in [0.25, 0.3) is 0 Å². The lowest BCUT2D eigenvalue weighted by Crippen LogP contribution is -2.06. The Balaban J connectivity index is 3.75. The van der Waals surface area contributed by atoms with Gasteiger partial charge in [-0.3, -0.25) is 0 Å². The monoisotopic (exact) mass is 146 g/mol. The maximum Gasteiger partial charge on any atom is 0.146 e. The average molecular weight is 146 g/mol. The summed E-state index contributed by atoms with van der Waals surface area (Å²) in [4.78, 5) is 0. The number of aliphatic hydroxyl groups excluding tert-OH is 1. The van der Waals surface area contributed by atoms with E-state index < -0.39 is 0 Å². The van der Waals surface area contributed by atoms with E-state index in [1.54, 1.807) is 6.08 Å². The zero-order valence-corrected chi connectivity index (χ0v) is 7.25. The van der Waals surface area contributed by atoms with Gasteiger partial charge in [0.05, 0.1) is 0 Å². The fourth-order valence-electron chi connectivity index (χ4n) is 0.373. The van der Waals surface area contributed by atoms with E-state index in [4.69, 9.17) is 5.11 Å². The Morgan fingerprint density at radius 3 is 2.00 bits per heavy atom. The quantitative estimate of drug-likeness (QED) is 0.574. The Labute approximate surface area is 61.2 Å². The number of hydrogen-bond acceptors (Lipinski definition) is 2. The molecule has 1 N–H and O–H groups in total. The summed E-state index contributed by atoms with van der Waals surface area (Å²) in [5.41, 5.74) is 0. The van der Waals surface area contributed by atoms with Crippen LogP contribution in [0.1, 0.15) is 27.7 Å². The van der Waals surface area contributed by atoms with Crippen molar-refractivity contribution < 1.29 is 5.11 Å². The van der Waals surface area contributed by atoms with Gasteiger partial charge < -0.3 is 5.11 Å². The molecule has 0 aromatic carbocycles. The minimum absolute atomic E-state index is 0.122. The van der Waals surface area contributed by atoms with Crippen molar-refractivity contribution in [2.45, 2.75) is 32.4 Å². The molecule has 0 saturated heterocycles. The van der Waals surface area contributed by atoms with Crippen LogP contribution in [-0.2, 0) is 0 Å². The summed E-state index contributed by atoms with van der Waals surface area (Å²) in [7, 11) is 0. The number of rotatable bonds is 1. The molecule has 0 unspecified atom stereocenters. The summed E-state index contributed by atoms with van der Waals surface area (Å²) in [6, 6.07) is 0. The minimum atomic E-state index is 0.122. The SMILES string of the molecule is C/C=C(/O)SC(C)(C)C. The second kappa shape index (κ2) is 3.16. The summed E-state index contributed by atoms with van der Waals surface area (Å²) in [6.07, 6.45) is 1.70. The fourth-order valence-corrected chi connectivity index (χ4v) is 1.12. The van der Waals surface area contributed by atoms with Gasteiger partial charge in [-0.2, -0.15) is 0 Å². The molecule has 1 nitrogen and oxygen atoms in total. The third kappa shape index (κ3) is 5.77. The molecule has 9 heavy (non-hydrogen) atoms. The minimum Gasteiger partial charge on any atom is -0.502 e. The number of aliphatic hydroxyl groups is 1. The van der Waals surface area contributed by atoms with Gasteiger partial charge in [-0.1, -0.05) is 32.5 Å². The smallest absolute Gasteiger partial charge is 0.146 e. The Morgan fingerprint density at radius 2 is 1.89 bits per heavy atom. The highest BCUT2D eigenvalue weighted by Gasteiger charge is 2.11. The molecule has 0 spiro atoms. The summed E-state index contributed by atoms with van der Waals surface area (Å²) in [5, 5.41) is 9.42. The molecule has 0 aliphatic heterocycles. The molecule has 2 heteroatoms. The zero-order valence-electron chi connectivity index (χ0n) is 6.43. The summed E-state index contributed by atoms with van der Waals surface area (Å²) in [6.45, 7) is 8.03. The lowest BCUT2D eigenvalue weighted by atomic mass is 10.3. The fraction of sp³-hybridized carbons (Fsp3) is 0.714. The molecule has 0 aliphatic rings. The second-order valence-electron chi connectivity index (χ2n) is 2.84. The van der Waals surface area contributed by atoms with Crippen LogP contribution in [0.4, 0.5) is 0 Å². The molecule has 0 radical (unpaired) electrons.